The summed E-state index contributed by atoms with van der Waals surface area (Å²) in [6.45, 7) is 2.83. The van der Waals surface area contributed by atoms with Crippen LogP contribution in [0.5, 0.6) is 0 Å². The number of phosphoric ester groups is 1. The van der Waals surface area contributed by atoms with Crippen LogP contribution in [0.3, 0.4) is 0 Å². The number of likely N-dealkylation sites (N-methyl/N-ethyl adjacent to an activating group) is 1. The SMILES string of the molecule is CCCCCCCCCCCCCCCCCS(=O)(=O)CCCOP(=O)(O)OCC[N+](C)(C)C. The number of rotatable bonds is 25. The molecule has 0 spiro atoms. The van der Waals surface area contributed by atoms with Crippen molar-refractivity contribution in [2.24, 2.45) is 0 Å². The summed E-state index contributed by atoms with van der Waals surface area (Å²) >= 11 is 0. The molecule has 0 aromatic heterocycles. The van der Waals surface area contributed by atoms with Gasteiger partial charge in [-0.15, -0.1) is 0 Å². The standard InChI is InChI=1S/C25H54NO6PS/c1-5-6-7-8-9-10-11-12-13-14-15-16-17-18-19-24-34(29,30)25-20-22-31-33(27,28)32-23-21-26(2,3)4/h5-25H2,1-4H3/p+1. The lowest BCUT2D eigenvalue weighted by Crippen LogP contribution is -2.37. The maximum atomic E-state index is 12.2. The first kappa shape index (κ1) is 34.0. The van der Waals surface area contributed by atoms with Gasteiger partial charge in [0, 0.05) is 0 Å². The molecule has 0 aliphatic heterocycles. The second kappa shape index (κ2) is 20.1. The Morgan fingerprint density at radius 3 is 1.47 bits per heavy atom. The fourth-order valence-electron chi connectivity index (χ4n) is 3.72. The Morgan fingerprint density at radius 1 is 0.647 bits per heavy atom. The van der Waals surface area contributed by atoms with Gasteiger partial charge in [-0.3, -0.25) is 9.05 Å². The van der Waals surface area contributed by atoms with E-state index in [0.29, 0.717) is 17.4 Å². The lowest BCUT2D eigenvalue weighted by Gasteiger charge is -2.24. The normalized spacial score (nSPS) is 14.4. The Labute approximate surface area is 211 Å². The summed E-state index contributed by atoms with van der Waals surface area (Å²) in [7, 11) is -1.40. The van der Waals surface area contributed by atoms with Gasteiger partial charge in [-0.1, -0.05) is 96.8 Å². The van der Waals surface area contributed by atoms with Crippen LogP contribution < -0.4 is 0 Å². The minimum Gasteiger partial charge on any atom is -0.329 e. The quantitative estimate of drug-likeness (QED) is 0.0826. The van der Waals surface area contributed by atoms with Gasteiger partial charge in [0.15, 0.2) is 0 Å². The van der Waals surface area contributed by atoms with Crippen LogP contribution in [0, 0.1) is 0 Å². The molecule has 0 heterocycles. The third kappa shape index (κ3) is 25.1. The lowest BCUT2D eigenvalue weighted by atomic mass is 10.0. The zero-order valence-corrected chi connectivity index (χ0v) is 24.4. The molecule has 0 aliphatic rings. The molecular formula is C25H55NO6PS+. The van der Waals surface area contributed by atoms with E-state index in [1.54, 1.807) is 0 Å². The average molecular weight is 529 g/mol. The Hall–Kier alpha value is 0.0200. The summed E-state index contributed by atoms with van der Waals surface area (Å²) in [5.41, 5.74) is 0. The van der Waals surface area contributed by atoms with Crippen LogP contribution in [-0.2, 0) is 23.4 Å². The van der Waals surface area contributed by atoms with E-state index in [4.69, 9.17) is 9.05 Å². The highest BCUT2D eigenvalue weighted by Gasteiger charge is 2.22. The zero-order valence-electron chi connectivity index (χ0n) is 22.6. The van der Waals surface area contributed by atoms with Crippen molar-refractivity contribution in [2.75, 3.05) is 52.4 Å². The first-order valence-corrected chi connectivity index (χ1v) is 16.9. The molecule has 9 heteroatoms. The Balaban J connectivity index is 3.57. The summed E-state index contributed by atoms with van der Waals surface area (Å²) in [6.07, 6.45) is 19.0. The highest BCUT2D eigenvalue weighted by molar-refractivity contribution is 7.91. The smallest absolute Gasteiger partial charge is 0.329 e. The van der Waals surface area contributed by atoms with Crippen molar-refractivity contribution in [3.05, 3.63) is 0 Å². The van der Waals surface area contributed by atoms with Crippen molar-refractivity contribution in [1.82, 2.24) is 0 Å². The van der Waals surface area contributed by atoms with Crippen LogP contribution in [0.25, 0.3) is 0 Å². The van der Waals surface area contributed by atoms with E-state index >= 15 is 0 Å². The van der Waals surface area contributed by atoms with Gasteiger partial charge >= 0.3 is 7.82 Å². The molecule has 0 bridgehead atoms. The van der Waals surface area contributed by atoms with Gasteiger partial charge in [-0.2, -0.15) is 0 Å². The van der Waals surface area contributed by atoms with Crippen molar-refractivity contribution in [1.29, 1.82) is 0 Å². The van der Waals surface area contributed by atoms with Gasteiger partial charge in [0.25, 0.3) is 0 Å². The number of sulfone groups is 1. The summed E-state index contributed by atoms with van der Waals surface area (Å²) < 4.78 is 46.5. The largest absolute Gasteiger partial charge is 0.472 e. The van der Waals surface area contributed by atoms with Gasteiger partial charge in [0.1, 0.15) is 23.0 Å². The maximum Gasteiger partial charge on any atom is 0.472 e. The molecule has 1 atom stereocenters. The maximum absolute atomic E-state index is 12.2. The van der Waals surface area contributed by atoms with Crippen molar-refractivity contribution < 1.29 is 31.4 Å². The van der Waals surface area contributed by atoms with E-state index in [9.17, 15) is 17.9 Å². The van der Waals surface area contributed by atoms with E-state index < -0.39 is 17.7 Å². The van der Waals surface area contributed by atoms with Gasteiger partial charge in [-0.25, -0.2) is 13.0 Å². The molecule has 206 valence electrons. The highest BCUT2D eigenvalue weighted by atomic mass is 32.2. The molecule has 34 heavy (non-hydrogen) atoms. The summed E-state index contributed by atoms with van der Waals surface area (Å²) in [5, 5.41) is 0. The highest BCUT2D eigenvalue weighted by Crippen LogP contribution is 2.43. The van der Waals surface area contributed by atoms with Gasteiger partial charge in [0.2, 0.25) is 0 Å². The Morgan fingerprint density at radius 2 is 1.03 bits per heavy atom. The third-order valence-corrected chi connectivity index (χ3v) is 8.77. The van der Waals surface area contributed by atoms with E-state index in [0.717, 1.165) is 12.8 Å². The van der Waals surface area contributed by atoms with Crippen LogP contribution in [0.4, 0.5) is 0 Å². The molecule has 0 fully saturated rings. The number of hydrogen-bond donors (Lipinski definition) is 1. The molecule has 0 saturated heterocycles. The molecule has 7 nitrogen and oxygen atoms in total. The molecule has 1 N–H and O–H groups in total. The van der Waals surface area contributed by atoms with E-state index in [2.05, 4.69) is 6.92 Å². The summed E-state index contributed by atoms with van der Waals surface area (Å²) in [5.74, 6) is 0.159. The van der Waals surface area contributed by atoms with Crippen LogP contribution in [0.15, 0.2) is 0 Å². The van der Waals surface area contributed by atoms with Gasteiger partial charge in [-0.05, 0) is 12.8 Å². The second-order valence-electron chi connectivity index (χ2n) is 10.6. The number of quaternary nitrogens is 1. The predicted octanol–water partition coefficient (Wildman–Crippen LogP) is 6.50. The Kier molecular flexibility index (Phi) is 20.1. The molecule has 0 rings (SSSR count). The minimum atomic E-state index is -4.12. The first-order chi connectivity index (χ1) is 16.0. The monoisotopic (exact) mass is 528 g/mol. The second-order valence-corrected chi connectivity index (χ2v) is 14.4. The van der Waals surface area contributed by atoms with Crippen LogP contribution in [0.2, 0.25) is 0 Å². The summed E-state index contributed by atoms with van der Waals surface area (Å²) in [4.78, 5) is 9.65. The molecule has 0 radical (unpaired) electrons. The van der Waals surface area contributed by atoms with Crippen molar-refractivity contribution in [3.8, 4) is 0 Å². The van der Waals surface area contributed by atoms with Crippen molar-refractivity contribution in [3.63, 3.8) is 0 Å². The number of phosphoric acid groups is 1. The van der Waals surface area contributed by atoms with E-state index in [-0.39, 0.29) is 31.1 Å². The molecule has 0 amide bonds. The summed E-state index contributed by atoms with van der Waals surface area (Å²) in [6, 6.07) is 0. The number of hydrogen-bond acceptors (Lipinski definition) is 5. The van der Waals surface area contributed by atoms with Crippen LogP contribution in [-0.4, -0.2) is 70.2 Å². The fourth-order valence-corrected chi connectivity index (χ4v) is 5.87. The number of nitrogens with zero attached hydrogens (tertiary/aromatic N) is 1. The van der Waals surface area contributed by atoms with E-state index in [1.807, 2.05) is 21.1 Å². The van der Waals surface area contributed by atoms with Crippen LogP contribution in [0.1, 0.15) is 110 Å². The average Bonchev–Trinajstić information content (AvgIpc) is 2.73. The van der Waals surface area contributed by atoms with Crippen molar-refractivity contribution >= 4 is 17.7 Å². The lowest BCUT2D eigenvalue weighted by molar-refractivity contribution is -0.870. The van der Waals surface area contributed by atoms with Crippen LogP contribution >= 0.6 is 7.82 Å². The first-order valence-electron chi connectivity index (χ1n) is 13.6. The molecule has 0 saturated carbocycles. The molecule has 0 aromatic carbocycles. The van der Waals surface area contributed by atoms with Gasteiger partial charge in [0.05, 0.1) is 39.3 Å². The van der Waals surface area contributed by atoms with E-state index in [1.165, 1.54) is 77.0 Å². The third-order valence-electron chi connectivity index (χ3n) is 5.93. The number of unbranched alkanes of at least 4 members (excludes halogenated alkanes) is 14. The van der Waals surface area contributed by atoms with Gasteiger partial charge < -0.3 is 9.38 Å². The molecule has 0 aromatic rings. The zero-order chi connectivity index (χ0) is 25.8. The predicted molar refractivity (Wildman–Crippen MR) is 143 cm³/mol. The topological polar surface area (TPSA) is 89.9 Å². The fraction of sp³-hybridized carbons (Fsp3) is 1.00. The molecule has 1 unspecified atom stereocenters. The molecular weight excluding hydrogens is 473 g/mol. The molecule has 0 aliphatic carbocycles. The Bertz CT molecular complexity index is 621. The van der Waals surface area contributed by atoms with Crippen molar-refractivity contribution in [2.45, 2.75) is 110 Å². The minimum absolute atomic E-state index is 0.0233.